The fourth-order valence-corrected chi connectivity index (χ4v) is 1.00. The Morgan fingerprint density at radius 3 is 2.23 bits per heavy atom. The van der Waals surface area contributed by atoms with Crippen LogP contribution in [0.15, 0.2) is 4.99 Å². The van der Waals surface area contributed by atoms with Gasteiger partial charge in [0.1, 0.15) is 5.71 Å². The first-order valence-corrected chi connectivity index (χ1v) is 3.53. The average Bonchev–Trinajstić information content (AvgIpc) is 2.29. The summed E-state index contributed by atoms with van der Waals surface area (Å²) in [5.74, 6) is -2.81. The average molecular weight is 184 g/mol. The number of aliphatic imine (C=N–C) groups is 1. The monoisotopic (exact) mass is 184 g/mol. The number of carboxylic acids is 1. The van der Waals surface area contributed by atoms with Crippen molar-refractivity contribution < 1.29 is 19.5 Å². The van der Waals surface area contributed by atoms with Crippen LogP contribution < -0.4 is 5.32 Å². The molecule has 0 spiro atoms. The van der Waals surface area contributed by atoms with Crippen LogP contribution in [0.5, 0.6) is 0 Å². The number of nitrogens with one attached hydrogen (secondary N) is 1. The minimum absolute atomic E-state index is 0.00222. The summed E-state index contributed by atoms with van der Waals surface area (Å²) in [6.45, 7) is 2.42. The number of Topliss-reactive ketones (excluding diaryl/α,β-unsaturated/α-hetero) is 1. The number of carboxylic acid groups (broad SMARTS) is 1. The number of carbonyl (C=O) groups is 3. The normalized spacial score (nSPS) is 26.6. The highest BCUT2D eigenvalue weighted by molar-refractivity contribution is 6.42. The molecule has 1 unspecified atom stereocenters. The Bertz CT molecular complexity index is 317. The van der Waals surface area contributed by atoms with Crippen molar-refractivity contribution >= 4 is 23.4 Å². The van der Waals surface area contributed by atoms with E-state index < -0.39 is 23.3 Å². The fraction of sp³-hybridized carbons (Fsp3) is 0.429. The van der Waals surface area contributed by atoms with Crippen molar-refractivity contribution in [3.8, 4) is 0 Å². The predicted molar refractivity (Wildman–Crippen MR) is 42.3 cm³/mol. The number of rotatable bonds is 2. The van der Waals surface area contributed by atoms with Crippen molar-refractivity contribution in [2.45, 2.75) is 19.5 Å². The molecule has 1 aliphatic rings. The summed E-state index contributed by atoms with van der Waals surface area (Å²) in [5.41, 5.74) is -2.10. The van der Waals surface area contributed by atoms with Gasteiger partial charge >= 0.3 is 5.97 Å². The van der Waals surface area contributed by atoms with Crippen molar-refractivity contribution in [3.05, 3.63) is 0 Å². The topological polar surface area (TPSA) is 95.8 Å². The van der Waals surface area contributed by atoms with Crippen LogP contribution in [0.3, 0.4) is 0 Å². The molecule has 0 saturated carbocycles. The summed E-state index contributed by atoms with van der Waals surface area (Å²) in [6.07, 6.45) is 0. The van der Waals surface area contributed by atoms with Crippen LogP contribution in [0.4, 0.5) is 0 Å². The lowest BCUT2D eigenvalue weighted by atomic mass is 10.1. The molecule has 0 saturated heterocycles. The van der Waals surface area contributed by atoms with E-state index in [1.54, 1.807) is 0 Å². The van der Waals surface area contributed by atoms with E-state index in [2.05, 4.69) is 4.99 Å². The van der Waals surface area contributed by atoms with E-state index in [0.717, 1.165) is 6.92 Å². The number of amides is 1. The van der Waals surface area contributed by atoms with Crippen LogP contribution in [-0.2, 0) is 14.4 Å². The molecule has 1 heterocycles. The minimum Gasteiger partial charge on any atom is -0.478 e. The lowest BCUT2D eigenvalue weighted by Crippen LogP contribution is -2.54. The molecule has 70 valence electrons. The first-order valence-electron chi connectivity index (χ1n) is 3.53. The smallest absolute Gasteiger partial charge is 0.360 e. The first kappa shape index (κ1) is 9.37. The first-order chi connectivity index (χ1) is 5.90. The van der Waals surface area contributed by atoms with E-state index >= 15 is 0 Å². The van der Waals surface area contributed by atoms with Gasteiger partial charge in [0, 0.05) is 0 Å². The summed E-state index contributed by atoms with van der Waals surface area (Å²) < 4.78 is 0. The highest BCUT2D eigenvalue weighted by Crippen LogP contribution is 2.15. The van der Waals surface area contributed by atoms with E-state index in [1.165, 1.54) is 6.92 Å². The molecule has 13 heavy (non-hydrogen) atoms. The van der Waals surface area contributed by atoms with Gasteiger partial charge in [-0.15, -0.1) is 0 Å². The van der Waals surface area contributed by atoms with Crippen LogP contribution in [0, 0.1) is 0 Å². The van der Waals surface area contributed by atoms with Gasteiger partial charge in [0.15, 0.2) is 5.78 Å². The summed E-state index contributed by atoms with van der Waals surface area (Å²) in [5, 5.41) is 10.8. The van der Waals surface area contributed by atoms with Crippen LogP contribution in [0.25, 0.3) is 0 Å². The number of ketones is 1. The van der Waals surface area contributed by atoms with Crippen molar-refractivity contribution in [3.63, 3.8) is 0 Å². The maximum atomic E-state index is 11.0. The Morgan fingerprint density at radius 2 is 2.08 bits per heavy atom. The second kappa shape index (κ2) is 2.65. The van der Waals surface area contributed by atoms with E-state index in [9.17, 15) is 14.4 Å². The number of aliphatic carboxylic acids is 1. The molecule has 6 heteroatoms. The van der Waals surface area contributed by atoms with Gasteiger partial charge in [-0.05, 0) is 13.8 Å². The molecule has 0 aliphatic carbocycles. The Kier molecular flexibility index (Phi) is 1.91. The largest absolute Gasteiger partial charge is 0.478 e. The molecule has 0 aromatic rings. The van der Waals surface area contributed by atoms with Gasteiger partial charge in [0.2, 0.25) is 0 Å². The maximum Gasteiger partial charge on any atom is 0.360 e. The second-order valence-electron chi connectivity index (χ2n) is 2.72. The highest BCUT2D eigenvalue weighted by atomic mass is 16.4. The Labute approximate surface area is 73.6 Å². The number of hydrogen-bond acceptors (Lipinski definition) is 4. The van der Waals surface area contributed by atoms with E-state index in [0.29, 0.717) is 0 Å². The lowest BCUT2D eigenvalue weighted by molar-refractivity contribution is -0.150. The molecular formula is C7H8N2O4. The van der Waals surface area contributed by atoms with Crippen molar-refractivity contribution in [2.24, 2.45) is 4.99 Å². The Balaban J connectivity index is 3.19. The zero-order valence-electron chi connectivity index (χ0n) is 7.12. The van der Waals surface area contributed by atoms with Gasteiger partial charge in [-0.2, -0.15) is 0 Å². The summed E-state index contributed by atoms with van der Waals surface area (Å²) >= 11 is 0. The van der Waals surface area contributed by atoms with Gasteiger partial charge < -0.3 is 10.4 Å². The van der Waals surface area contributed by atoms with Gasteiger partial charge in [-0.1, -0.05) is 0 Å². The van der Waals surface area contributed by atoms with Crippen molar-refractivity contribution in [1.29, 1.82) is 0 Å². The maximum absolute atomic E-state index is 11.0. The van der Waals surface area contributed by atoms with Crippen LogP contribution in [0.2, 0.25) is 0 Å². The molecule has 2 N–H and O–H groups in total. The molecule has 0 fully saturated rings. The van der Waals surface area contributed by atoms with E-state index in [4.69, 9.17) is 5.11 Å². The quantitative estimate of drug-likeness (QED) is 0.535. The zero-order valence-corrected chi connectivity index (χ0v) is 7.12. The molecule has 0 aromatic heterocycles. The van der Waals surface area contributed by atoms with Gasteiger partial charge in [-0.25, -0.2) is 9.79 Å². The van der Waals surface area contributed by atoms with E-state index in [-0.39, 0.29) is 5.71 Å². The van der Waals surface area contributed by atoms with Crippen LogP contribution >= 0.6 is 0 Å². The van der Waals surface area contributed by atoms with Gasteiger partial charge in [0.05, 0.1) is 0 Å². The summed E-state index contributed by atoms with van der Waals surface area (Å²) in [6, 6.07) is 0. The third kappa shape index (κ3) is 1.20. The summed E-state index contributed by atoms with van der Waals surface area (Å²) in [4.78, 5) is 36.2. The van der Waals surface area contributed by atoms with Crippen molar-refractivity contribution in [2.75, 3.05) is 0 Å². The Morgan fingerprint density at radius 1 is 1.54 bits per heavy atom. The molecule has 0 aromatic carbocycles. The predicted octanol–water partition coefficient (Wildman–Crippen LogP) is -1.05. The zero-order chi connectivity index (χ0) is 10.2. The molecule has 1 rings (SSSR count). The second-order valence-corrected chi connectivity index (χ2v) is 2.72. The van der Waals surface area contributed by atoms with Crippen LogP contribution in [0.1, 0.15) is 13.8 Å². The third-order valence-electron chi connectivity index (χ3n) is 1.78. The molecule has 0 radical (unpaired) electrons. The SMILES string of the molecule is CC(=O)C1(C(=O)O)N=C(C)C(=O)N1. The van der Waals surface area contributed by atoms with Crippen LogP contribution in [-0.4, -0.2) is 34.1 Å². The minimum atomic E-state index is -2.10. The molecular weight excluding hydrogens is 176 g/mol. The summed E-state index contributed by atoms with van der Waals surface area (Å²) in [7, 11) is 0. The molecule has 1 aliphatic heterocycles. The molecule has 1 atom stereocenters. The number of nitrogens with zero attached hydrogens (tertiary/aromatic N) is 1. The van der Waals surface area contributed by atoms with Gasteiger partial charge in [0.25, 0.3) is 11.6 Å². The standard InChI is InChI=1S/C7H8N2O4/c1-3-5(11)9-7(8-3,4(2)10)6(12)13/h1-2H3,(H,9,11)(H,12,13). The van der Waals surface area contributed by atoms with Crippen molar-refractivity contribution in [1.82, 2.24) is 5.32 Å². The number of hydrogen-bond donors (Lipinski definition) is 2. The number of carbonyl (C=O) groups excluding carboxylic acids is 2. The molecule has 6 nitrogen and oxygen atoms in total. The third-order valence-corrected chi connectivity index (χ3v) is 1.78. The highest BCUT2D eigenvalue weighted by Gasteiger charge is 2.49. The Hall–Kier alpha value is -1.72. The molecule has 0 bridgehead atoms. The van der Waals surface area contributed by atoms with Gasteiger partial charge in [-0.3, -0.25) is 9.59 Å². The fourth-order valence-electron chi connectivity index (χ4n) is 1.00. The lowest BCUT2D eigenvalue weighted by Gasteiger charge is -2.16. The molecule has 1 amide bonds. The van der Waals surface area contributed by atoms with E-state index in [1.807, 2.05) is 5.32 Å².